The molecule has 1 fully saturated rings. The molecule has 3 aromatic rings. The second-order valence-corrected chi connectivity index (χ2v) is 7.10. The minimum absolute atomic E-state index is 0.728. The lowest BCUT2D eigenvalue weighted by Crippen LogP contribution is -2.35. The van der Waals surface area contributed by atoms with Crippen molar-refractivity contribution in [2.24, 2.45) is 5.92 Å². The van der Waals surface area contributed by atoms with Crippen LogP contribution in [0.25, 0.3) is 0 Å². The molecule has 5 heteroatoms. The highest BCUT2D eigenvalue weighted by Gasteiger charge is 2.21. The summed E-state index contributed by atoms with van der Waals surface area (Å²) >= 11 is 0. The molecule has 2 aromatic carbocycles. The third kappa shape index (κ3) is 4.82. The van der Waals surface area contributed by atoms with Crippen LogP contribution in [-0.4, -0.2) is 28.3 Å². The summed E-state index contributed by atoms with van der Waals surface area (Å²) in [6.45, 7) is 2.71. The molecule has 27 heavy (non-hydrogen) atoms. The van der Waals surface area contributed by atoms with Gasteiger partial charge in [0, 0.05) is 19.6 Å². The van der Waals surface area contributed by atoms with Gasteiger partial charge in [-0.2, -0.15) is 10.1 Å². The average Bonchev–Trinajstić information content (AvgIpc) is 2.75. The van der Waals surface area contributed by atoms with Crippen molar-refractivity contribution in [3.8, 4) is 0 Å². The number of nitrogens with zero attached hydrogens (tertiary/aromatic N) is 4. The maximum absolute atomic E-state index is 4.66. The van der Waals surface area contributed by atoms with Gasteiger partial charge >= 0.3 is 0 Å². The zero-order chi connectivity index (χ0) is 18.3. The first-order valence-corrected chi connectivity index (χ1v) is 9.63. The molecule has 4 rings (SSSR count). The zero-order valence-corrected chi connectivity index (χ0v) is 15.5. The number of piperidine rings is 1. The molecule has 0 radical (unpaired) electrons. The van der Waals surface area contributed by atoms with Crippen LogP contribution in [-0.2, 0) is 13.0 Å². The number of aromatic nitrogens is 3. The Labute approximate surface area is 160 Å². The fourth-order valence-electron chi connectivity index (χ4n) is 3.59. The molecule has 1 N–H and O–H groups in total. The highest BCUT2D eigenvalue weighted by atomic mass is 15.3. The first kappa shape index (κ1) is 17.5. The highest BCUT2D eigenvalue weighted by Crippen LogP contribution is 2.24. The van der Waals surface area contributed by atoms with E-state index in [0.29, 0.717) is 0 Å². The number of hydrogen-bond donors (Lipinski definition) is 1. The van der Waals surface area contributed by atoms with Gasteiger partial charge in [-0.25, -0.2) is 0 Å². The summed E-state index contributed by atoms with van der Waals surface area (Å²) in [5.41, 5.74) is 2.65. The summed E-state index contributed by atoms with van der Waals surface area (Å²) in [5, 5.41) is 11.7. The lowest BCUT2D eigenvalue weighted by Gasteiger charge is -2.31. The Bertz CT molecular complexity index is 830. The highest BCUT2D eigenvalue weighted by molar-refractivity contribution is 5.40. The number of anilines is 2. The van der Waals surface area contributed by atoms with E-state index in [1.807, 2.05) is 18.2 Å². The van der Waals surface area contributed by atoms with Crippen LogP contribution in [0, 0.1) is 5.92 Å². The standard InChI is InChI=1S/C22H25N5/c1-3-7-18(8-4-1)15-19-11-13-27(14-12-19)22-25-21(17-24-26-22)23-16-20-9-5-2-6-10-20/h1-10,17,19H,11-16H2,(H,23,25,26). The Balaban J connectivity index is 1.32. The molecule has 0 spiro atoms. The summed E-state index contributed by atoms with van der Waals surface area (Å²) in [7, 11) is 0. The molecular formula is C22H25N5. The average molecular weight is 359 g/mol. The molecule has 1 aromatic heterocycles. The van der Waals surface area contributed by atoms with E-state index in [1.54, 1.807) is 6.20 Å². The van der Waals surface area contributed by atoms with Crippen molar-refractivity contribution in [2.75, 3.05) is 23.3 Å². The topological polar surface area (TPSA) is 53.9 Å². The molecule has 1 saturated heterocycles. The van der Waals surface area contributed by atoms with Crippen LogP contribution < -0.4 is 10.2 Å². The van der Waals surface area contributed by atoms with E-state index in [9.17, 15) is 0 Å². The summed E-state index contributed by atoms with van der Waals surface area (Å²) in [6, 6.07) is 21.1. The van der Waals surface area contributed by atoms with Crippen molar-refractivity contribution in [3.63, 3.8) is 0 Å². The monoisotopic (exact) mass is 359 g/mol. The van der Waals surface area contributed by atoms with Crippen LogP contribution in [0.15, 0.2) is 66.9 Å². The van der Waals surface area contributed by atoms with Crippen LogP contribution >= 0.6 is 0 Å². The van der Waals surface area contributed by atoms with E-state index in [4.69, 9.17) is 0 Å². The second-order valence-electron chi connectivity index (χ2n) is 7.10. The molecule has 0 atom stereocenters. The van der Waals surface area contributed by atoms with Crippen LogP contribution in [0.2, 0.25) is 0 Å². The van der Waals surface area contributed by atoms with Gasteiger partial charge in [-0.15, -0.1) is 5.10 Å². The van der Waals surface area contributed by atoms with Crippen LogP contribution in [0.3, 0.4) is 0 Å². The maximum atomic E-state index is 4.66. The summed E-state index contributed by atoms with van der Waals surface area (Å²) in [6.07, 6.45) is 5.18. The van der Waals surface area contributed by atoms with E-state index in [2.05, 4.69) is 67.9 Å². The van der Waals surface area contributed by atoms with Crippen molar-refractivity contribution >= 4 is 11.8 Å². The van der Waals surface area contributed by atoms with Crippen molar-refractivity contribution in [2.45, 2.75) is 25.8 Å². The van der Waals surface area contributed by atoms with Gasteiger partial charge in [0.25, 0.3) is 0 Å². The fourth-order valence-corrected chi connectivity index (χ4v) is 3.59. The van der Waals surface area contributed by atoms with Crippen molar-refractivity contribution in [1.82, 2.24) is 15.2 Å². The lowest BCUT2D eigenvalue weighted by atomic mass is 9.90. The van der Waals surface area contributed by atoms with E-state index in [-0.39, 0.29) is 0 Å². The first-order chi connectivity index (χ1) is 13.4. The molecule has 0 amide bonds. The van der Waals surface area contributed by atoms with E-state index < -0.39 is 0 Å². The van der Waals surface area contributed by atoms with Crippen LogP contribution in [0.4, 0.5) is 11.8 Å². The van der Waals surface area contributed by atoms with Gasteiger partial charge < -0.3 is 10.2 Å². The van der Waals surface area contributed by atoms with Crippen LogP contribution in [0.5, 0.6) is 0 Å². The molecule has 0 saturated carbocycles. The minimum atomic E-state index is 0.728. The minimum Gasteiger partial charge on any atom is -0.365 e. The molecule has 138 valence electrons. The van der Waals surface area contributed by atoms with Gasteiger partial charge in [0.15, 0.2) is 5.82 Å². The lowest BCUT2D eigenvalue weighted by molar-refractivity contribution is 0.400. The molecule has 2 heterocycles. The summed E-state index contributed by atoms with van der Waals surface area (Å²) in [5.74, 6) is 2.23. The quantitative estimate of drug-likeness (QED) is 0.722. The largest absolute Gasteiger partial charge is 0.365 e. The van der Waals surface area contributed by atoms with Gasteiger partial charge in [0.05, 0.1) is 6.20 Å². The first-order valence-electron chi connectivity index (χ1n) is 9.63. The van der Waals surface area contributed by atoms with Crippen LogP contribution in [0.1, 0.15) is 24.0 Å². The summed E-state index contributed by atoms with van der Waals surface area (Å²) < 4.78 is 0. The number of nitrogens with one attached hydrogen (secondary N) is 1. The predicted molar refractivity (Wildman–Crippen MR) is 109 cm³/mol. The third-order valence-corrected chi connectivity index (χ3v) is 5.13. The normalized spacial score (nSPS) is 14.9. The Morgan fingerprint density at radius 2 is 1.56 bits per heavy atom. The van der Waals surface area contributed by atoms with Crippen molar-refractivity contribution in [1.29, 1.82) is 0 Å². The van der Waals surface area contributed by atoms with E-state index in [0.717, 1.165) is 43.7 Å². The molecule has 5 nitrogen and oxygen atoms in total. The number of benzene rings is 2. The van der Waals surface area contributed by atoms with Crippen molar-refractivity contribution in [3.05, 3.63) is 78.0 Å². The Morgan fingerprint density at radius 3 is 2.26 bits per heavy atom. The molecule has 0 aliphatic carbocycles. The molecule has 1 aliphatic rings. The van der Waals surface area contributed by atoms with Gasteiger partial charge in [-0.3, -0.25) is 0 Å². The Morgan fingerprint density at radius 1 is 0.889 bits per heavy atom. The molecule has 0 bridgehead atoms. The maximum Gasteiger partial charge on any atom is 0.247 e. The third-order valence-electron chi connectivity index (χ3n) is 5.13. The molecular weight excluding hydrogens is 334 g/mol. The second kappa shape index (κ2) is 8.62. The fraction of sp³-hybridized carbons (Fsp3) is 0.318. The Kier molecular flexibility index (Phi) is 5.58. The molecule has 0 unspecified atom stereocenters. The van der Waals surface area contributed by atoms with E-state index >= 15 is 0 Å². The Hall–Kier alpha value is -2.95. The number of rotatable bonds is 6. The van der Waals surface area contributed by atoms with Gasteiger partial charge in [-0.1, -0.05) is 60.7 Å². The molecule has 1 aliphatic heterocycles. The predicted octanol–water partition coefficient (Wildman–Crippen LogP) is 3.94. The summed E-state index contributed by atoms with van der Waals surface area (Å²) in [4.78, 5) is 6.91. The van der Waals surface area contributed by atoms with Gasteiger partial charge in [-0.05, 0) is 36.3 Å². The zero-order valence-electron chi connectivity index (χ0n) is 15.5. The smallest absolute Gasteiger partial charge is 0.247 e. The van der Waals surface area contributed by atoms with Gasteiger partial charge in [0.2, 0.25) is 5.95 Å². The van der Waals surface area contributed by atoms with Gasteiger partial charge in [0.1, 0.15) is 0 Å². The van der Waals surface area contributed by atoms with Crippen molar-refractivity contribution < 1.29 is 0 Å². The van der Waals surface area contributed by atoms with E-state index in [1.165, 1.54) is 24.0 Å². The SMILES string of the molecule is c1ccc(CNc2cnnc(N3CCC(Cc4ccccc4)CC3)n2)cc1. The number of hydrogen-bond acceptors (Lipinski definition) is 5.